The molecule has 0 aliphatic carbocycles. The molecule has 0 amide bonds. The van der Waals surface area contributed by atoms with Gasteiger partial charge in [0.1, 0.15) is 5.78 Å². The highest BCUT2D eigenvalue weighted by Gasteiger charge is 2.33. The van der Waals surface area contributed by atoms with Crippen LogP contribution in [0.2, 0.25) is 0 Å². The molecule has 0 fully saturated rings. The number of carboxylic acids is 2. The fourth-order valence-corrected chi connectivity index (χ4v) is 2.95. The lowest BCUT2D eigenvalue weighted by molar-refractivity contribution is -0.141. The molecule has 0 heterocycles. The summed E-state index contributed by atoms with van der Waals surface area (Å²) in [5.74, 6) is -3.75. The van der Waals surface area contributed by atoms with E-state index in [2.05, 4.69) is 0 Å². The number of carboxylic acid groups (broad SMARTS) is 2. The van der Waals surface area contributed by atoms with E-state index in [1.165, 1.54) is 4.90 Å². The minimum absolute atomic E-state index is 0.0264. The summed E-state index contributed by atoms with van der Waals surface area (Å²) in [4.78, 5) is 43.6. The lowest BCUT2D eigenvalue weighted by atomic mass is 10.3. The van der Waals surface area contributed by atoms with Crippen molar-refractivity contribution >= 4 is 19.5 Å². The van der Waals surface area contributed by atoms with Crippen LogP contribution in [-0.4, -0.2) is 91.7 Å². The summed E-state index contributed by atoms with van der Waals surface area (Å²) in [7, 11) is 5.99. The Balaban J connectivity index is 5.03. The molecule has 11 heteroatoms. The van der Waals surface area contributed by atoms with Crippen LogP contribution in [0.15, 0.2) is 0 Å². The molecular weight excluding hydrogens is 341 g/mol. The lowest BCUT2D eigenvalue weighted by Gasteiger charge is -2.33. The van der Waals surface area contributed by atoms with Gasteiger partial charge in [0.15, 0.2) is 0 Å². The normalized spacial score (nSPS) is 13.7. The minimum atomic E-state index is -4.56. The van der Waals surface area contributed by atoms with Crippen LogP contribution in [0.4, 0.5) is 0 Å². The van der Waals surface area contributed by atoms with E-state index in [-0.39, 0.29) is 32.6 Å². The van der Waals surface area contributed by atoms with Gasteiger partial charge in [0, 0.05) is 40.3 Å². The van der Waals surface area contributed by atoms with Crippen LogP contribution in [0, 0.1) is 21.0 Å². The number of hydrogen-bond donors (Lipinski definition) is 4. The Labute approximate surface area is 141 Å². The summed E-state index contributed by atoms with van der Waals surface area (Å²) >= 11 is 0. The Hall–Kier alpha value is -1.03. The summed E-state index contributed by atoms with van der Waals surface area (Å²) in [6.07, 6.45) is -0.350. The highest BCUT2D eigenvalue weighted by molar-refractivity contribution is 7.52. The molecule has 0 saturated heterocycles. The molecule has 0 rings (SSSR count). The zero-order valence-corrected chi connectivity index (χ0v) is 14.0. The van der Waals surface area contributed by atoms with Crippen LogP contribution in [0.25, 0.3) is 0 Å². The summed E-state index contributed by atoms with van der Waals surface area (Å²) < 4.78 is 11.5. The van der Waals surface area contributed by atoms with Crippen molar-refractivity contribution in [3.8, 4) is 0 Å². The van der Waals surface area contributed by atoms with Crippen molar-refractivity contribution in [2.45, 2.75) is 12.2 Å². The van der Waals surface area contributed by atoms with Crippen molar-refractivity contribution in [3.63, 3.8) is 0 Å². The molecule has 10 nitrogen and oxygen atoms in total. The molecule has 0 aromatic rings. The second kappa shape index (κ2) is 10.8. The molecule has 1 atom stereocenters. The average Bonchev–Trinajstić information content (AvgIpc) is 2.38. The second-order valence-electron chi connectivity index (χ2n) is 5.08. The monoisotopic (exact) mass is 363 g/mol. The Bertz CT molecular complexity index is 439. The van der Waals surface area contributed by atoms with Gasteiger partial charge in [0.2, 0.25) is 0 Å². The van der Waals surface area contributed by atoms with Gasteiger partial charge in [-0.3, -0.25) is 28.9 Å². The molecule has 0 bridgehead atoms. The largest absolute Gasteiger partial charge is 0.480 e. The maximum absolute atomic E-state index is 11.5. The third kappa shape index (κ3) is 9.96. The van der Waals surface area contributed by atoms with Crippen molar-refractivity contribution in [3.05, 3.63) is 21.0 Å². The van der Waals surface area contributed by atoms with E-state index in [4.69, 9.17) is 31.2 Å². The van der Waals surface area contributed by atoms with Crippen molar-refractivity contribution < 1.29 is 34.2 Å². The molecule has 0 aromatic heterocycles. The molecule has 6 radical (unpaired) electrons. The Morgan fingerprint density at radius 2 is 1.42 bits per heavy atom. The summed E-state index contributed by atoms with van der Waals surface area (Å²) in [6.45, 7) is 4.41. The molecule has 24 heavy (non-hydrogen) atoms. The summed E-state index contributed by atoms with van der Waals surface area (Å²) in [6, 6.07) is 0. The van der Waals surface area contributed by atoms with Crippen LogP contribution in [-0.2, 0) is 14.2 Å². The first-order chi connectivity index (χ1) is 11.0. The number of rotatable bonds is 13. The van der Waals surface area contributed by atoms with Crippen molar-refractivity contribution in [1.82, 2.24) is 14.7 Å². The first-order valence-electron chi connectivity index (χ1n) is 6.89. The van der Waals surface area contributed by atoms with Crippen LogP contribution in [0.5, 0.6) is 0 Å². The van der Waals surface area contributed by atoms with E-state index in [1.54, 1.807) is 0 Å². The Kier molecular flexibility index (Phi) is 10.3. The highest BCUT2D eigenvalue weighted by Crippen LogP contribution is 2.44. The summed E-state index contributed by atoms with van der Waals surface area (Å²) in [5.41, 5.74) is 0. The quantitative estimate of drug-likeness (QED) is 0.238. The predicted octanol–water partition coefficient (Wildman–Crippen LogP) is -0.996. The van der Waals surface area contributed by atoms with Crippen LogP contribution >= 0.6 is 7.60 Å². The maximum Gasteiger partial charge on any atom is 0.342 e. The van der Waals surface area contributed by atoms with Gasteiger partial charge in [0.05, 0.1) is 13.1 Å². The van der Waals surface area contributed by atoms with E-state index in [1.807, 2.05) is 0 Å². The van der Waals surface area contributed by atoms with Crippen molar-refractivity contribution in [2.24, 2.45) is 0 Å². The van der Waals surface area contributed by atoms with Gasteiger partial charge >= 0.3 is 19.5 Å². The summed E-state index contributed by atoms with van der Waals surface area (Å²) in [5, 5.41) is 17.6. The highest BCUT2D eigenvalue weighted by atomic mass is 31.2. The molecule has 0 aromatic carbocycles. The lowest BCUT2D eigenvalue weighted by Crippen LogP contribution is -2.45. The number of aliphatic carboxylic acids is 2. The first-order valence-corrected chi connectivity index (χ1v) is 8.57. The van der Waals surface area contributed by atoms with Crippen LogP contribution in [0.1, 0.15) is 6.42 Å². The maximum atomic E-state index is 11.5. The predicted molar refractivity (Wildman–Crippen MR) is 83.3 cm³/mol. The van der Waals surface area contributed by atoms with E-state index in [9.17, 15) is 23.9 Å². The topological polar surface area (TPSA) is 142 Å². The van der Waals surface area contributed by atoms with E-state index in [0.29, 0.717) is 0 Å². The molecule has 4 N–H and O–H groups in total. The van der Waals surface area contributed by atoms with E-state index in [0.717, 1.165) is 9.80 Å². The van der Waals surface area contributed by atoms with Crippen LogP contribution in [0.3, 0.4) is 0 Å². The van der Waals surface area contributed by atoms with Gasteiger partial charge in [-0.2, -0.15) is 0 Å². The van der Waals surface area contributed by atoms with Gasteiger partial charge in [-0.05, 0) is 13.3 Å². The van der Waals surface area contributed by atoms with Crippen LogP contribution < -0.4 is 0 Å². The Morgan fingerprint density at radius 1 is 0.958 bits per heavy atom. The van der Waals surface area contributed by atoms with E-state index < -0.39 is 38.4 Å². The second-order valence-corrected chi connectivity index (χ2v) is 6.85. The van der Waals surface area contributed by atoms with Crippen molar-refractivity contribution in [1.29, 1.82) is 0 Å². The number of carbonyl (C=O) groups is 2. The van der Waals surface area contributed by atoms with Gasteiger partial charge in [-0.1, -0.05) is 0 Å². The molecular formula is C13H22N3O7P. The SMILES string of the molecule is [CH]CC(N(CCN([CH])[CH])CCN(CC(=O)O)CC(=O)O)P(=O)(O)O. The fourth-order valence-electron chi connectivity index (χ4n) is 2.02. The van der Waals surface area contributed by atoms with Gasteiger partial charge < -0.3 is 20.0 Å². The molecule has 136 valence electrons. The fraction of sp³-hybridized carbons (Fsp3) is 0.615. The average molecular weight is 363 g/mol. The smallest absolute Gasteiger partial charge is 0.342 e. The molecule has 0 aliphatic rings. The standard InChI is InChI=1S/C13H22N3O7P/c1-4-11(24(21,22)23)16(7-5-14(2)3)8-6-15(9-12(17)18)10-13(19)20/h1-3,11H,4-10H2,(H,17,18)(H,19,20)(H2,21,22,23). The zero-order chi connectivity index (χ0) is 18.9. The van der Waals surface area contributed by atoms with Gasteiger partial charge in [-0.25, -0.2) is 0 Å². The molecule has 1 unspecified atom stereocenters. The van der Waals surface area contributed by atoms with Crippen molar-refractivity contribution in [2.75, 3.05) is 39.3 Å². The molecule has 0 saturated carbocycles. The third-order valence-electron chi connectivity index (χ3n) is 3.09. The molecule has 0 aliphatic heterocycles. The van der Waals surface area contributed by atoms with E-state index >= 15 is 0 Å². The zero-order valence-electron chi connectivity index (χ0n) is 13.1. The molecule has 0 spiro atoms. The van der Waals surface area contributed by atoms with Gasteiger partial charge in [-0.15, -0.1) is 0 Å². The first kappa shape index (κ1) is 23.0. The number of nitrogens with zero attached hydrogens (tertiary/aromatic N) is 3. The Morgan fingerprint density at radius 3 is 1.75 bits per heavy atom. The van der Waals surface area contributed by atoms with Gasteiger partial charge in [0.25, 0.3) is 0 Å². The number of hydrogen-bond acceptors (Lipinski definition) is 6. The minimum Gasteiger partial charge on any atom is -0.480 e. The third-order valence-corrected chi connectivity index (χ3v) is 4.40.